The van der Waals surface area contributed by atoms with E-state index in [2.05, 4.69) is 11.8 Å². The summed E-state index contributed by atoms with van der Waals surface area (Å²) < 4.78 is 24.0. The third kappa shape index (κ3) is 2.20. The topological polar surface area (TPSA) is 101 Å². The first-order valence-corrected chi connectivity index (χ1v) is 12.7. The maximum Gasteiger partial charge on any atom is 0.136 e. The molecule has 1 saturated heterocycles. The van der Waals surface area contributed by atoms with E-state index in [4.69, 9.17) is 18.9 Å². The molecular weight excluding hydrogens is 426 g/mol. The summed E-state index contributed by atoms with van der Waals surface area (Å²) in [6.45, 7) is 4.18. The van der Waals surface area contributed by atoms with Crippen LogP contribution < -0.4 is 0 Å². The summed E-state index contributed by atoms with van der Waals surface area (Å²) >= 11 is 0. The van der Waals surface area contributed by atoms with Crippen molar-refractivity contribution in [2.75, 3.05) is 48.1 Å². The predicted octanol–water partition coefficient (Wildman–Crippen LogP) is 0.271. The number of ether oxygens (including phenoxy) is 4. The first kappa shape index (κ1) is 23.1. The second kappa shape index (κ2) is 7.13. The standard InChI is InChI=1S/C25H41NO7/c1-6-26-11-22(12-30-2)8-7-16(27)24-14-9-13-15(31-3)10-23(28,17(14)18(13)32-4)25(29,21(24)26)20(33-5)19(22)24/h13-21,27-29H,6-12H2,1-5H3/t13-,14-,15+,16+,17?,18+,19-,20+,21+,22+,23-,24?,25-/m1/s1. The number of nitrogens with zero attached hydrogens (tertiary/aromatic N) is 1. The van der Waals surface area contributed by atoms with Crippen LogP contribution in [0.15, 0.2) is 0 Å². The van der Waals surface area contributed by atoms with Gasteiger partial charge in [-0.1, -0.05) is 6.92 Å². The summed E-state index contributed by atoms with van der Waals surface area (Å²) in [6, 6.07) is -0.386. The lowest BCUT2D eigenvalue weighted by Gasteiger charge is -2.69. The molecule has 6 aliphatic rings. The van der Waals surface area contributed by atoms with Crippen molar-refractivity contribution in [3.8, 4) is 0 Å². The van der Waals surface area contributed by atoms with E-state index in [1.54, 1.807) is 28.4 Å². The second-order valence-electron chi connectivity index (χ2n) is 11.9. The summed E-state index contributed by atoms with van der Waals surface area (Å²) in [7, 11) is 6.79. The van der Waals surface area contributed by atoms with Crippen LogP contribution in [0.25, 0.3) is 0 Å². The van der Waals surface area contributed by atoms with E-state index in [0.717, 1.165) is 25.9 Å². The van der Waals surface area contributed by atoms with Crippen molar-refractivity contribution < 1.29 is 34.3 Å². The summed E-state index contributed by atoms with van der Waals surface area (Å²) in [6.07, 6.45) is 1.06. The lowest BCUT2D eigenvalue weighted by Crippen LogP contribution is -2.82. The van der Waals surface area contributed by atoms with E-state index in [0.29, 0.717) is 19.4 Å². The molecule has 8 nitrogen and oxygen atoms in total. The van der Waals surface area contributed by atoms with E-state index in [-0.39, 0.29) is 47.3 Å². The minimum Gasteiger partial charge on any atom is -0.392 e. The highest BCUT2D eigenvalue weighted by atomic mass is 16.5. The average Bonchev–Trinajstić information content (AvgIpc) is 3.22. The molecule has 0 aromatic rings. The minimum absolute atomic E-state index is 0.00825. The first-order valence-electron chi connectivity index (χ1n) is 12.7. The van der Waals surface area contributed by atoms with Crippen molar-refractivity contribution >= 4 is 0 Å². The van der Waals surface area contributed by atoms with Crippen molar-refractivity contribution in [3.05, 3.63) is 0 Å². The van der Waals surface area contributed by atoms with Crippen LogP contribution in [0.1, 0.15) is 32.6 Å². The van der Waals surface area contributed by atoms with Gasteiger partial charge in [0.1, 0.15) is 11.2 Å². The van der Waals surface area contributed by atoms with Gasteiger partial charge in [0.15, 0.2) is 0 Å². The molecule has 0 amide bonds. The summed E-state index contributed by atoms with van der Waals surface area (Å²) in [5, 5.41) is 37.6. The maximum atomic E-state index is 12.9. The van der Waals surface area contributed by atoms with Gasteiger partial charge in [-0.15, -0.1) is 0 Å². The second-order valence-corrected chi connectivity index (χ2v) is 11.9. The monoisotopic (exact) mass is 467 g/mol. The number of hydrogen-bond acceptors (Lipinski definition) is 8. The van der Waals surface area contributed by atoms with Crippen LogP contribution in [0.3, 0.4) is 0 Å². The molecule has 33 heavy (non-hydrogen) atoms. The summed E-state index contributed by atoms with van der Waals surface area (Å²) in [5.74, 6) is -0.231. The molecule has 8 heteroatoms. The smallest absolute Gasteiger partial charge is 0.136 e. The molecule has 7 bridgehead atoms. The normalized spacial score (nSPS) is 60.9. The molecule has 5 saturated carbocycles. The molecule has 2 unspecified atom stereocenters. The van der Waals surface area contributed by atoms with Gasteiger partial charge in [-0.3, -0.25) is 4.90 Å². The fourth-order valence-electron chi connectivity index (χ4n) is 11.0. The zero-order valence-corrected chi connectivity index (χ0v) is 20.6. The van der Waals surface area contributed by atoms with Crippen molar-refractivity contribution in [1.82, 2.24) is 4.90 Å². The van der Waals surface area contributed by atoms with Crippen molar-refractivity contribution in [1.29, 1.82) is 0 Å². The summed E-state index contributed by atoms with van der Waals surface area (Å²) in [4.78, 5) is 2.33. The van der Waals surface area contributed by atoms with Crippen LogP contribution in [0.4, 0.5) is 0 Å². The van der Waals surface area contributed by atoms with Crippen molar-refractivity contribution in [2.24, 2.45) is 34.5 Å². The van der Waals surface area contributed by atoms with E-state index in [9.17, 15) is 15.3 Å². The van der Waals surface area contributed by atoms with Crippen LogP contribution >= 0.6 is 0 Å². The average molecular weight is 468 g/mol. The Bertz CT molecular complexity index is 814. The van der Waals surface area contributed by atoms with Gasteiger partial charge in [-0.25, -0.2) is 0 Å². The number of aliphatic hydroxyl groups is 3. The van der Waals surface area contributed by atoms with E-state index in [1.165, 1.54) is 0 Å². The van der Waals surface area contributed by atoms with Crippen LogP contribution in [0.2, 0.25) is 0 Å². The molecule has 6 fully saturated rings. The van der Waals surface area contributed by atoms with Crippen LogP contribution in [0.5, 0.6) is 0 Å². The zero-order valence-electron chi connectivity index (χ0n) is 20.6. The van der Waals surface area contributed by atoms with Gasteiger partial charge in [0.25, 0.3) is 0 Å². The molecule has 0 aromatic carbocycles. The number of methoxy groups -OCH3 is 4. The quantitative estimate of drug-likeness (QED) is 0.512. The molecule has 1 spiro atoms. The summed E-state index contributed by atoms with van der Waals surface area (Å²) in [5.41, 5.74) is -3.82. The highest BCUT2D eigenvalue weighted by Crippen LogP contribution is 2.80. The number of likely N-dealkylation sites (N-methyl/N-ethyl adjacent to an activating group) is 1. The SMILES string of the molecule is CCN1C[C@]2(COC)CC[C@H](O)C34[C@@H]5C[C@@H]6[C@@H](OC)C[C@@](O)(C5[C@H]6OC)[C@@](O)([C@@H](OC)[C@@H]32)[C@@H]14. The fourth-order valence-corrected chi connectivity index (χ4v) is 11.0. The number of likely N-dealkylation sites (tertiary alicyclic amines) is 1. The van der Waals surface area contributed by atoms with E-state index >= 15 is 0 Å². The van der Waals surface area contributed by atoms with Crippen LogP contribution in [-0.2, 0) is 18.9 Å². The lowest BCUT2D eigenvalue weighted by atomic mass is 9.42. The van der Waals surface area contributed by atoms with Gasteiger partial charge < -0.3 is 34.3 Å². The van der Waals surface area contributed by atoms with Gasteiger partial charge in [0.05, 0.1) is 37.1 Å². The predicted molar refractivity (Wildman–Crippen MR) is 119 cm³/mol. The maximum absolute atomic E-state index is 12.9. The number of hydrogen-bond donors (Lipinski definition) is 3. The molecule has 5 aliphatic carbocycles. The minimum atomic E-state index is -1.55. The highest BCUT2D eigenvalue weighted by Gasteiger charge is 2.91. The third-order valence-electron chi connectivity index (χ3n) is 11.5. The Balaban J connectivity index is 1.67. The molecule has 6 rings (SSSR count). The molecule has 3 N–H and O–H groups in total. The Kier molecular flexibility index (Phi) is 4.99. The largest absolute Gasteiger partial charge is 0.392 e. The number of fused-ring (bicyclic) bond motifs is 2. The number of piperidine rings is 1. The Morgan fingerprint density at radius 1 is 1.06 bits per heavy atom. The Labute approximate surface area is 196 Å². The van der Waals surface area contributed by atoms with Crippen molar-refractivity contribution in [3.63, 3.8) is 0 Å². The number of rotatable bonds is 6. The molecule has 1 aliphatic heterocycles. The molecule has 0 aromatic heterocycles. The van der Waals surface area contributed by atoms with Crippen LogP contribution in [-0.4, -0.2) is 110 Å². The van der Waals surface area contributed by atoms with E-state index < -0.39 is 28.8 Å². The zero-order chi connectivity index (χ0) is 23.6. The molecule has 0 radical (unpaired) electrons. The van der Waals surface area contributed by atoms with Crippen LogP contribution in [0, 0.1) is 34.5 Å². The third-order valence-corrected chi connectivity index (χ3v) is 11.5. The Hall–Kier alpha value is -0.320. The first-order chi connectivity index (χ1) is 15.8. The highest BCUT2D eigenvalue weighted by molar-refractivity contribution is 5.41. The molecule has 13 atom stereocenters. The van der Waals surface area contributed by atoms with Gasteiger partial charge in [0.2, 0.25) is 0 Å². The number of aliphatic hydroxyl groups excluding tert-OH is 1. The molecule has 188 valence electrons. The lowest BCUT2D eigenvalue weighted by molar-refractivity contribution is -0.318. The Morgan fingerprint density at radius 3 is 2.42 bits per heavy atom. The van der Waals surface area contributed by atoms with Gasteiger partial charge in [0, 0.05) is 70.0 Å². The Morgan fingerprint density at radius 2 is 1.82 bits per heavy atom. The molecular formula is C25H41NO7. The molecule has 1 heterocycles. The fraction of sp³-hybridized carbons (Fsp3) is 1.00. The van der Waals surface area contributed by atoms with Gasteiger partial charge in [-0.05, 0) is 31.7 Å². The van der Waals surface area contributed by atoms with Crippen molar-refractivity contribution in [2.45, 2.75) is 74.3 Å². The van der Waals surface area contributed by atoms with Gasteiger partial charge in [-0.2, -0.15) is 0 Å². The van der Waals surface area contributed by atoms with E-state index in [1.807, 2.05) is 0 Å². The van der Waals surface area contributed by atoms with Gasteiger partial charge >= 0.3 is 0 Å².